The number of halogens is 3. The molecule has 0 nitrogen and oxygen atoms in total. The molecule has 3 heteroatoms. The molecule has 0 aromatic heterocycles. The van der Waals surface area contributed by atoms with E-state index in [0.717, 1.165) is 31.7 Å². The van der Waals surface area contributed by atoms with Crippen LogP contribution in [0.2, 0.25) is 5.02 Å². The molecule has 4 aliphatic carbocycles. The Morgan fingerprint density at radius 3 is 1.74 bits per heavy atom. The molecule has 4 aliphatic rings. The molecule has 5 rings (SSSR count). The van der Waals surface area contributed by atoms with E-state index in [9.17, 15) is 0 Å². The molecule has 0 unspecified atom stereocenters. The van der Waals surface area contributed by atoms with Crippen LogP contribution in [0.3, 0.4) is 0 Å². The highest BCUT2D eigenvalue weighted by atomic mass is 79.9. The summed E-state index contributed by atoms with van der Waals surface area (Å²) in [5.74, 6) is 2.96. The Kier molecular flexibility index (Phi) is 3.10. The fourth-order valence-corrected chi connectivity index (χ4v) is 6.62. The van der Waals surface area contributed by atoms with Gasteiger partial charge in [-0.3, -0.25) is 0 Å². The second kappa shape index (κ2) is 4.48. The molecule has 0 aliphatic heterocycles. The van der Waals surface area contributed by atoms with E-state index in [-0.39, 0.29) is 0 Å². The Bertz CT molecular complexity index is 479. The summed E-state index contributed by atoms with van der Waals surface area (Å²) < 4.78 is 2.07. The maximum absolute atomic E-state index is 6.26. The van der Waals surface area contributed by atoms with E-state index in [0.29, 0.717) is 5.41 Å². The number of hydrogen-bond donors (Lipinski definition) is 0. The largest absolute Gasteiger partial charge is 0.0819 e. The van der Waals surface area contributed by atoms with Gasteiger partial charge in [0, 0.05) is 8.95 Å². The van der Waals surface area contributed by atoms with Gasteiger partial charge in [-0.1, -0.05) is 11.6 Å². The summed E-state index contributed by atoms with van der Waals surface area (Å²) in [6.07, 6.45) is 8.69. The van der Waals surface area contributed by atoms with Crippen LogP contribution in [0.15, 0.2) is 21.1 Å². The minimum atomic E-state index is 0.449. The van der Waals surface area contributed by atoms with Crippen molar-refractivity contribution >= 4 is 43.5 Å². The quantitative estimate of drug-likeness (QED) is 0.480. The van der Waals surface area contributed by atoms with Crippen molar-refractivity contribution in [3.8, 4) is 0 Å². The highest BCUT2D eigenvalue weighted by molar-refractivity contribution is 9.11. The van der Waals surface area contributed by atoms with E-state index in [4.69, 9.17) is 11.6 Å². The van der Waals surface area contributed by atoms with Gasteiger partial charge in [-0.15, -0.1) is 0 Å². The predicted octanol–water partition coefficient (Wildman–Crippen LogP) is 6.33. The minimum absolute atomic E-state index is 0.449. The summed E-state index contributed by atoms with van der Waals surface area (Å²) in [7, 11) is 0. The van der Waals surface area contributed by atoms with Crippen molar-refractivity contribution < 1.29 is 0 Å². The Hall–Kier alpha value is 0.470. The summed E-state index contributed by atoms with van der Waals surface area (Å²) in [5, 5.41) is 0.800. The summed E-state index contributed by atoms with van der Waals surface area (Å²) in [5.41, 5.74) is 1.96. The van der Waals surface area contributed by atoms with E-state index < -0.39 is 0 Å². The van der Waals surface area contributed by atoms with Gasteiger partial charge in [0.1, 0.15) is 0 Å². The van der Waals surface area contributed by atoms with Crippen LogP contribution in [-0.4, -0.2) is 0 Å². The molecule has 4 saturated carbocycles. The molecule has 1 aromatic rings. The third kappa shape index (κ3) is 2.05. The maximum atomic E-state index is 6.26. The zero-order chi connectivity index (χ0) is 13.2. The van der Waals surface area contributed by atoms with Crippen molar-refractivity contribution in [3.63, 3.8) is 0 Å². The molecule has 19 heavy (non-hydrogen) atoms. The molecule has 0 N–H and O–H groups in total. The van der Waals surface area contributed by atoms with Gasteiger partial charge in [0.2, 0.25) is 0 Å². The van der Waals surface area contributed by atoms with Gasteiger partial charge in [0.15, 0.2) is 0 Å². The Balaban J connectivity index is 1.79. The average molecular weight is 405 g/mol. The molecule has 0 radical (unpaired) electrons. The minimum Gasteiger partial charge on any atom is -0.0819 e. The molecule has 0 spiro atoms. The third-order valence-electron chi connectivity index (χ3n) is 5.63. The Morgan fingerprint density at radius 1 is 0.895 bits per heavy atom. The van der Waals surface area contributed by atoms with Gasteiger partial charge < -0.3 is 0 Å². The van der Waals surface area contributed by atoms with E-state index >= 15 is 0 Å². The van der Waals surface area contributed by atoms with Crippen LogP contribution < -0.4 is 0 Å². The maximum Gasteiger partial charge on any atom is 0.0690 e. The smallest absolute Gasteiger partial charge is 0.0690 e. The van der Waals surface area contributed by atoms with Gasteiger partial charge >= 0.3 is 0 Å². The number of hydrogen-bond acceptors (Lipinski definition) is 0. The lowest BCUT2D eigenvalue weighted by molar-refractivity contribution is -0.00523. The predicted molar refractivity (Wildman–Crippen MR) is 86.7 cm³/mol. The van der Waals surface area contributed by atoms with Gasteiger partial charge in [0.05, 0.1) is 5.02 Å². The van der Waals surface area contributed by atoms with E-state index in [1.54, 1.807) is 0 Å². The van der Waals surface area contributed by atoms with Crippen molar-refractivity contribution in [1.82, 2.24) is 0 Å². The third-order valence-corrected chi connectivity index (χ3v) is 7.75. The lowest BCUT2D eigenvalue weighted by atomic mass is 9.48. The monoisotopic (exact) mass is 402 g/mol. The van der Waals surface area contributed by atoms with Crippen LogP contribution in [0.25, 0.3) is 0 Å². The van der Waals surface area contributed by atoms with Gasteiger partial charge in [-0.2, -0.15) is 0 Å². The fraction of sp³-hybridized carbons (Fsp3) is 0.625. The molecule has 4 fully saturated rings. The Labute approximate surface area is 136 Å². The van der Waals surface area contributed by atoms with E-state index in [1.807, 2.05) is 0 Å². The molecule has 4 bridgehead atoms. The highest BCUT2D eigenvalue weighted by Gasteiger charge is 2.51. The second-order valence-electron chi connectivity index (χ2n) is 6.95. The zero-order valence-electron chi connectivity index (χ0n) is 10.8. The summed E-state index contributed by atoms with van der Waals surface area (Å²) in [6, 6.07) is 4.56. The first kappa shape index (κ1) is 13.2. The molecular formula is C16H17Br2Cl. The lowest BCUT2D eigenvalue weighted by Gasteiger charge is -2.57. The lowest BCUT2D eigenvalue weighted by Crippen LogP contribution is -2.48. The van der Waals surface area contributed by atoms with Crippen LogP contribution in [0, 0.1) is 17.8 Å². The fourth-order valence-electron chi connectivity index (χ4n) is 5.33. The Morgan fingerprint density at radius 2 is 1.32 bits per heavy atom. The molecule has 0 heterocycles. The molecule has 102 valence electrons. The van der Waals surface area contributed by atoms with Gasteiger partial charge in [-0.25, -0.2) is 0 Å². The van der Waals surface area contributed by atoms with Crippen LogP contribution in [0.5, 0.6) is 0 Å². The van der Waals surface area contributed by atoms with E-state index in [2.05, 4.69) is 44.0 Å². The van der Waals surface area contributed by atoms with Crippen LogP contribution in [0.4, 0.5) is 0 Å². The highest BCUT2D eigenvalue weighted by Crippen LogP contribution is 2.61. The van der Waals surface area contributed by atoms with Crippen molar-refractivity contribution in [3.05, 3.63) is 31.7 Å². The van der Waals surface area contributed by atoms with E-state index in [1.165, 1.54) is 44.1 Å². The molecule has 1 aromatic carbocycles. The molecule has 0 amide bonds. The standard InChI is InChI=1S/C16H17Br2Cl/c17-13-4-12(5-14(18)15(13)19)16-6-9-1-10(7-16)3-11(2-9)8-16/h4-5,9-11H,1-3,6-8H2. The SMILES string of the molecule is Clc1c(Br)cc(C23CC4CC(CC(C4)C2)C3)cc1Br. The van der Waals surface area contributed by atoms with Crippen molar-refractivity contribution in [1.29, 1.82) is 0 Å². The topological polar surface area (TPSA) is 0 Å². The van der Waals surface area contributed by atoms with Crippen LogP contribution in [0.1, 0.15) is 44.1 Å². The normalized spacial score (nSPS) is 39.8. The van der Waals surface area contributed by atoms with Crippen molar-refractivity contribution in [2.45, 2.75) is 43.9 Å². The van der Waals surface area contributed by atoms with Crippen LogP contribution >= 0.6 is 43.5 Å². The van der Waals surface area contributed by atoms with Crippen molar-refractivity contribution in [2.75, 3.05) is 0 Å². The first-order chi connectivity index (χ1) is 9.06. The van der Waals surface area contributed by atoms with Crippen LogP contribution in [-0.2, 0) is 5.41 Å². The molecule has 0 atom stereocenters. The summed E-state index contributed by atoms with van der Waals surface area (Å²) in [6.45, 7) is 0. The first-order valence-electron chi connectivity index (χ1n) is 7.21. The van der Waals surface area contributed by atoms with Gasteiger partial charge in [0.25, 0.3) is 0 Å². The molecular weight excluding hydrogens is 387 g/mol. The average Bonchev–Trinajstić information content (AvgIpc) is 2.33. The first-order valence-corrected chi connectivity index (χ1v) is 9.17. The molecule has 0 saturated heterocycles. The number of rotatable bonds is 1. The number of benzene rings is 1. The summed E-state index contributed by atoms with van der Waals surface area (Å²) >= 11 is 13.5. The zero-order valence-corrected chi connectivity index (χ0v) is 14.7. The summed E-state index contributed by atoms with van der Waals surface area (Å²) in [4.78, 5) is 0. The van der Waals surface area contributed by atoms with Gasteiger partial charge in [-0.05, 0) is 111 Å². The second-order valence-corrected chi connectivity index (χ2v) is 9.04. The van der Waals surface area contributed by atoms with Crippen molar-refractivity contribution in [2.24, 2.45) is 17.8 Å².